The highest BCUT2D eigenvalue weighted by molar-refractivity contribution is 9.12. The van der Waals surface area contributed by atoms with Gasteiger partial charge in [0, 0.05) is 10.4 Å². The van der Waals surface area contributed by atoms with E-state index in [1.807, 2.05) is 36.4 Å². The second-order valence-corrected chi connectivity index (χ2v) is 8.91. The van der Waals surface area contributed by atoms with Crippen LogP contribution in [0.15, 0.2) is 64.2 Å². The molecule has 0 aliphatic heterocycles. The van der Waals surface area contributed by atoms with E-state index in [1.165, 1.54) is 11.1 Å². The van der Waals surface area contributed by atoms with Crippen molar-refractivity contribution in [2.45, 2.75) is 38.5 Å². The summed E-state index contributed by atoms with van der Waals surface area (Å²) in [4.78, 5) is 12.3. The third-order valence-electron chi connectivity index (χ3n) is 4.80. The maximum absolute atomic E-state index is 12.3. The summed E-state index contributed by atoms with van der Waals surface area (Å²) in [6, 6.07) is 18.6. The van der Waals surface area contributed by atoms with Gasteiger partial charge in [-0.2, -0.15) is 5.10 Å². The van der Waals surface area contributed by atoms with Crippen LogP contribution in [0.1, 0.15) is 49.8 Å². The van der Waals surface area contributed by atoms with Gasteiger partial charge in [-0.1, -0.05) is 75.4 Å². The van der Waals surface area contributed by atoms with Gasteiger partial charge in [-0.3, -0.25) is 4.79 Å². The topological polar surface area (TPSA) is 41.5 Å². The Morgan fingerprint density at radius 3 is 2.41 bits per heavy atom. The molecule has 4 heteroatoms. The van der Waals surface area contributed by atoms with Crippen LogP contribution in [0.2, 0.25) is 0 Å². The fourth-order valence-corrected chi connectivity index (χ4v) is 3.44. The summed E-state index contributed by atoms with van der Waals surface area (Å²) in [7, 11) is 0. The molecule has 3 nitrogen and oxygen atoms in total. The molecule has 2 atom stereocenters. The number of amides is 1. The summed E-state index contributed by atoms with van der Waals surface area (Å²) in [5, 5.41) is 4.06. The lowest BCUT2D eigenvalue weighted by atomic mass is 9.86. The van der Waals surface area contributed by atoms with Gasteiger partial charge in [-0.25, -0.2) is 5.43 Å². The quantitative estimate of drug-likeness (QED) is 0.490. The number of allylic oxidation sites excluding steroid dienone is 1. The first-order valence-electron chi connectivity index (χ1n) is 9.20. The Morgan fingerprint density at radius 2 is 1.78 bits per heavy atom. The molecule has 0 radical (unpaired) electrons. The van der Waals surface area contributed by atoms with Gasteiger partial charge in [0.05, 0.1) is 6.21 Å². The Hall–Kier alpha value is -2.20. The summed E-state index contributed by atoms with van der Waals surface area (Å²) in [6.45, 7) is 6.62. The van der Waals surface area contributed by atoms with Gasteiger partial charge in [0.2, 0.25) is 5.91 Å². The molecule has 27 heavy (non-hydrogen) atoms. The minimum Gasteiger partial charge on any atom is -0.273 e. The van der Waals surface area contributed by atoms with Crippen LogP contribution in [0.25, 0.3) is 6.08 Å². The summed E-state index contributed by atoms with van der Waals surface area (Å²) >= 11 is 3.45. The van der Waals surface area contributed by atoms with Crippen molar-refractivity contribution in [3.8, 4) is 0 Å². The van der Waals surface area contributed by atoms with E-state index in [0.717, 1.165) is 16.5 Å². The molecule has 1 aliphatic carbocycles. The van der Waals surface area contributed by atoms with Crippen molar-refractivity contribution < 1.29 is 4.79 Å². The van der Waals surface area contributed by atoms with Gasteiger partial charge in [0.1, 0.15) is 0 Å². The molecule has 2 aromatic carbocycles. The van der Waals surface area contributed by atoms with Crippen molar-refractivity contribution in [3.63, 3.8) is 0 Å². The number of rotatable bonds is 5. The predicted octanol–water partition coefficient (Wildman–Crippen LogP) is 5.63. The number of hydrogen-bond donors (Lipinski definition) is 1. The van der Waals surface area contributed by atoms with E-state index in [9.17, 15) is 4.79 Å². The van der Waals surface area contributed by atoms with E-state index >= 15 is 0 Å². The van der Waals surface area contributed by atoms with Gasteiger partial charge < -0.3 is 0 Å². The number of hydrazone groups is 1. The zero-order valence-electron chi connectivity index (χ0n) is 15.9. The molecule has 0 saturated heterocycles. The van der Waals surface area contributed by atoms with Gasteiger partial charge >= 0.3 is 0 Å². The standard InChI is InChI=1S/C23H25BrN2O/c1-23(2,3)18-11-9-17(10-12-18)20-14-21(20)22(27)26-25-15-19(24)13-16-7-5-4-6-8-16/h4-13,15,20-21H,14H2,1-3H3,(H,26,27)/b19-13-,25-15+. The molecular weight excluding hydrogens is 400 g/mol. The minimum atomic E-state index is -0.0174. The molecule has 0 heterocycles. The lowest BCUT2D eigenvalue weighted by molar-refractivity contribution is -0.122. The number of halogens is 1. The first kappa shape index (κ1) is 19.6. The molecular formula is C23H25BrN2O. The molecule has 140 valence electrons. The highest BCUT2D eigenvalue weighted by Gasteiger charge is 2.43. The average Bonchev–Trinajstić information content (AvgIpc) is 3.43. The Balaban J connectivity index is 1.52. The Morgan fingerprint density at radius 1 is 1.11 bits per heavy atom. The molecule has 1 saturated carbocycles. The van der Waals surface area contributed by atoms with Crippen LogP contribution >= 0.6 is 15.9 Å². The Kier molecular flexibility index (Phi) is 5.95. The summed E-state index contributed by atoms with van der Waals surface area (Å²) in [5.74, 6) is 0.299. The van der Waals surface area contributed by atoms with Crippen LogP contribution in [0.3, 0.4) is 0 Å². The summed E-state index contributed by atoms with van der Waals surface area (Å²) in [6.07, 6.45) is 4.45. The predicted molar refractivity (Wildman–Crippen MR) is 116 cm³/mol. The Bertz CT molecular complexity index is 848. The highest BCUT2D eigenvalue weighted by Crippen LogP contribution is 2.47. The fourth-order valence-electron chi connectivity index (χ4n) is 3.07. The zero-order valence-corrected chi connectivity index (χ0v) is 17.5. The van der Waals surface area contributed by atoms with Crippen LogP contribution < -0.4 is 5.43 Å². The molecule has 0 spiro atoms. The molecule has 1 amide bonds. The number of carbonyl (C=O) groups excluding carboxylic acids is 1. The molecule has 1 fully saturated rings. The number of carbonyl (C=O) groups is 1. The number of nitrogens with zero attached hydrogens (tertiary/aromatic N) is 1. The smallest absolute Gasteiger partial charge is 0.243 e. The first-order valence-corrected chi connectivity index (χ1v) is 9.99. The fraction of sp³-hybridized carbons (Fsp3) is 0.304. The number of benzene rings is 2. The lowest BCUT2D eigenvalue weighted by Gasteiger charge is -2.19. The number of nitrogens with one attached hydrogen (secondary N) is 1. The van der Waals surface area contributed by atoms with E-state index in [4.69, 9.17) is 0 Å². The van der Waals surface area contributed by atoms with E-state index < -0.39 is 0 Å². The van der Waals surface area contributed by atoms with E-state index in [-0.39, 0.29) is 17.2 Å². The van der Waals surface area contributed by atoms with Gasteiger partial charge in [0.15, 0.2) is 0 Å². The van der Waals surface area contributed by atoms with Gasteiger partial charge in [-0.15, -0.1) is 0 Å². The van der Waals surface area contributed by atoms with Crippen LogP contribution in [0.4, 0.5) is 0 Å². The minimum absolute atomic E-state index is 0.0134. The van der Waals surface area contributed by atoms with Crippen molar-refractivity contribution in [3.05, 3.63) is 75.8 Å². The molecule has 0 bridgehead atoms. The number of hydrogen-bond acceptors (Lipinski definition) is 2. The van der Waals surface area contributed by atoms with Gasteiger partial charge in [-0.05, 0) is 56.5 Å². The summed E-state index contributed by atoms with van der Waals surface area (Å²) < 4.78 is 0.805. The van der Waals surface area contributed by atoms with Crippen molar-refractivity contribution in [1.29, 1.82) is 0 Å². The molecule has 2 unspecified atom stereocenters. The van der Waals surface area contributed by atoms with Crippen LogP contribution in [0, 0.1) is 5.92 Å². The second kappa shape index (κ2) is 8.22. The monoisotopic (exact) mass is 424 g/mol. The largest absolute Gasteiger partial charge is 0.273 e. The van der Waals surface area contributed by atoms with Crippen LogP contribution in [0.5, 0.6) is 0 Å². The maximum atomic E-state index is 12.3. The lowest BCUT2D eigenvalue weighted by Crippen LogP contribution is -2.20. The molecule has 1 N–H and O–H groups in total. The molecule has 1 aliphatic rings. The van der Waals surface area contributed by atoms with Crippen molar-refractivity contribution >= 4 is 34.1 Å². The second-order valence-electron chi connectivity index (χ2n) is 7.99. The summed E-state index contributed by atoms with van der Waals surface area (Å²) in [5.41, 5.74) is 6.42. The maximum Gasteiger partial charge on any atom is 0.243 e. The SMILES string of the molecule is CC(C)(C)c1ccc(C2CC2C(=O)N/N=C/C(Br)=C/c2ccccc2)cc1. The molecule has 3 rings (SSSR count). The molecule has 2 aromatic rings. The van der Waals surface area contributed by atoms with Crippen molar-refractivity contribution in [2.24, 2.45) is 11.0 Å². The molecule has 0 aromatic heterocycles. The van der Waals surface area contributed by atoms with E-state index in [1.54, 1.807) is 6.21 Å². The first-order chi connectivity index (χ1) is 12.8. The normalized spacial score (nSPS) is 19.9. The average molecular weight is 425 g/mol. The van der Waals surface area contributed by atoms with Crippen LogP contribution in [-0.2, 0) is 10.2 Å². The third-order valence-corrected chi connectivity index (χ3v) is 5.23. The zero-order chi connectivity index (χ0) is 19.4. The van der Waals surface area contributed by atoms with Crippen LogP contribution in [-0.4, -0.2) is 12.1 Å². The van der Waals surface area contributed by atoms with Crippen molar-refractivity contribution in [1.82, 2.24) is 5.43 Å². The highest BCUT2D eigenvalue weighted by atomic mass is 79.9. The van der Waals surface area contributed by atoms with Crippen molar-refractivity contribution in [2.75, 3.05) is 0 Å². The van der Waals surface area contributed by atoms with E-state index in [2.05, 4.69) is 71.5 Å². The Labute approximate surface area is 169 Å². The van der Waals surface area contributed by atoms with E-state index in [0.29, 0.717) is 5.92 Å². The van der Waals surface area contributed by atoms with Gasteiger partial charge in [0.25, 0.3) is 0 Å². The third kappa shape index (κ3) is 5.39.